The zero-order valence-electron chi connectivity index (χ0n) is 35.0. The van der Waals surface area contributed by atoms with Crippen molar-refractivity contribution in [1.82, 2.24) is 0 Å². The Hall–Kier alpha value is 0.162. The first-order valence-electron chi connectivity index (χ1n) is 17.9. The third-order valence-electron chi connectivity index (χ3n) is 7.27. The molecule has 50 heavy (non-hydrogen) atoms. The summed E-state index contributed by atoms with van der Waals surface area (Å²) in [5, 5.41) is 9.09. The second-order valence-electron chi connectivity index (χ2n) is 18.5. The van der Waals surface area contributed by atoms with E-state index < -0.39 is 82.0 Å². The van der Waals surface area contributed by atoms with E-state index in [-0.39, 0.29) is 5.56 Å². The van der Waals surface area contributed by atoms with Gasteiger partial charge in [0, 0.05) is 8.07 Å². The van der Waals surface area contributed by atoms with Crippen LogP contribution in [0, 0.1) is 0 Å². The number of aromatic carboxylic acids is 1. The second kappa shape index (κ2) is 17.7. The van der Waals surface area contributed by atoms with E-state index >= 15 is 0 Å². The van der Waals surface area contributed by atoms with Gasteiger partial charge in [-0.3, -0.25) is 0 Å². The predicted octanol–water partition coefficient (Wildman–Crippen LogP) is 10.2. The first kappa shape index (κ1) is 48.2. The van der Waals surface area contributed by atoms with Gasteiger partial charge in [0.1, 0.15) is 5.75 Å². The van der Waals surface area contributed by atoms with Gasteiger partial charge in [-0.2, -0.15) is 0 Å². The number of benzene rings is 1. The summed E-state index contributed by atoms with van der Waals surface area (Å²) in [5.74, 6) is -0.284. The summed E-state index contributed by atoms with van der Waals surface area (Å²) in [6.07, 6.45) is 0.836. The van der Waals surface area contributed by atoms with Crippen molar-refractivity contribution in [3.05, 3.63) is 29.8 Å². The number of carbonyl (C=O) groups is 1. The molecule has 0 radical (unpaired) electrons. The zero-order chi connectivity index (χ0) is 39.3. The molecule has 0 aromatic heterocycles. The number of ether oxygens (including phenoxy) is 1. The molecule has 0 heterocycles. The van der Waals surface area contributed by atoms with Crippen LogP contribution < -0.4 is 4.74 Å². The number of carboxylic acid groups (broad SMARTS) is 1. The van der Waals surface area contributed by atoms with Gasteiger partial charge in [-0.15, -0.1) is 0 Å². The SMILES string of the molecule is C[Si](C)(C)CC[Si](C)(C)O[Si](C)(C)O[Si](C)(C)O[Si](C)(C)O[Si](C)(C)O[Si](C)(C)O[Si](C)(C)O[Si](C)(C)CCCOc1ccc(C(=O)O)cc1. The first-order chi connectivity index (χ1) is 22.0. The van der Waals surface area contributed by atoms with Crippen LogP contribution in [0.25, 0.3) is 0 Å². The molecule has 0 amide bonds. The van der Waals surface area contributed by atoms with E-state index in [0.717, 1.165) is 12.5 Å². The van der Waals surface area contributed by atoms with Gasteiger partial charge in [-0.1, -0.05) is 25.7 Å². The van der Waals surface area contributed by atoms with Gasteiger partial charge in [-0.25, -0.2) is 4.79 Å². The van der Waals surface area contributed by atoms with E-state index in [0.29, 0.717) is 12.4 Å². The molecule has 0 atom stereocenters. The van der Waals surface area contributed by atoms with E-state index in [2.05, 4.69) is 124 Å². The van der Waals surface area contributed by atoms with Crippen molar-refractivity contribution in [2.24, 2.45) is 0 Å². The molecule has 1 aromatic carbocycles. The second-order valence-corrected chi connectivity index (χ2v) is 54.6. The molecule has 292 valence electrons. The van der Waals surface area contributed by atoms with Crippen LogP contribution in [-0.2, 0) is 28.8 Å². The van der Waals surface area contributed by atoms with Crippen molar-refractivity contribution in [2.75, 3.05) is 6.61 Å². The molecule has 0 unspecified atom stereocenters. The lowest BCUT2D eigenvalue weighted by atomic mass is 10.2. The minimum absolute atomic E-state index is 0.245. The highest BCUT2D eigenvalue weighted by Crippen LogP contribution is 2.31. The van der Waals surface area contributed by atoms with E-state index in [1.54, 1.807) is 24.3 Å². The molecular formula is C31H72O10Si9. The smallest absolute Gasteiger partial charge is 0.335 e. The minimum atomic E-state index is -2.67. The highest BCUT2D eigenvalue weighted by atomic mass is 28.5. The normalized spacial score (nSPS) is 14.6. The van der Waals surface area contributed by atoms with E-state index in [4.69, 9.17) is 38.6 Å². The quantitative estimate of drug-likeness (QED) is 0.0844. The summed E-state index contributed by atoms with van der Waals surface area (Å²) < 4.78 is 53.4. The summed E-state index contributed by atoms with van der Waals surface area (Å²) in [6.45, 7) is 42.1. The molecule has 0 spiro atoms. The van der Waals surface area contributed by atoms with Crippen LogP contribution in [0.15, 0.2) is 24.3 Å². The molecule has 0 bridgehead atoms. The molecule has 0 aliphatic heterocycles. The van der Waals surface area contributed by atoms with Crippen LogP contribution in [0.4, 0.5) is 0 Å². The van der Waals surface area contributed by atoms with Gasteiger partial charge in [-0.05, 0) is 148 Å². The lowest BCUT2D eigenvalue weighted by Gasteiger charge is -2.44. The fourth-order valence-corrected chi connectivity index (χ4v) is 51.4. The maximum Gasteiger partial charge on any atom is 0.335 e. The molecule has 0 aliphatic rings. The molecular weight excluding hydrogens is 785 g/mol. The molecule has 0 saturated heterocycles. The molecule has 0 saturated carbocycles. The Balaban J connectivity index is 2.75. The van der Waals surface area contributed by atoms with E-state index in [1.165, 1.54) is 12.1 Å². The topological polar surface area (TPSA) is 111 Å². The van der Waals surface area contributed by atoms with Gasteiger partial charge in [0.05, 0.1) is 12.2 Å². The largest absolute Gasteiger partial charge is 0.494 e. The number of hydrogen-bond acceptors (Lipinski definition) is 9. The van der Waals surface area contributed by atoms with E-state index in [9.17, 15) is 4.79 Å². The van der Waals surface area contributed by atoms with Crippen LogP contribution >= 0.6 is 0 Å². The Labute approximate surface area is 315 Å². The molecule has 0 aliphatic carbocycles. The molecule has 10 nitrogen and oxygen atoms in total. The summed E-state index contributed by atoms with van der Waals surface area (Å²) in [4.78, 5) is 11.1. The van der Waals surface area contributed by atoms with Crippen molar-refractivity contribution in [3.63, 3.8) is 0 Å². The molecule has 1 N–H and O–H groups in total. The highest BCUT2D eigenvalue weighted by molar-refractivity contribution is 6.92. The molecule has 0 fully saturated rings. The van der Waals surface area contributed by atoms with Crippen molar-refractivity contribution < 1.29 is 43.4 Å². The fourth-order valence-electron chi connectivity index (χ4n) is 6.58. The van der Waals surface area contributed by atoms with Crippen molar-refractivity contribution in [1.29, 1.82) is 0 Å². The predicted molar refractivity (Wildman–Crippen MR) is 229 cm³/mol. The van der Waals surface area contributed by atoms with Crippen LogP contribution in [0.5, 0.6) is 5.75 Å². The monoisotopic (exact) mass is 856 g/mol. The van der Waals surface area contributed by atoms with Crippen molar-refractivity contribution in [2.45, 2.75) is 149 Å². The van der Waals surface area contributed by atoms with Gasteiger partial charge >= 0.3 is 57.3 Å². The fraction of sp³-hybridized carbons (Fsp3) is 0.774. The van der Waals surface area contributed by atoms with Gasteiger partial charge in [0.2, 0.25) is 0 Å². The van der Waals surface area contributed by atoms with Crippen LogP contribution in [0.1, 0.15) is 16.8 Å². The van der Waals surface area contributed by atoms with Crippen LogP contribution in [-0.4, -0.2) is 93.8 Å². The standard InChI is InChI=1S/C31H72O10Si9/c1-42(2,3)27-28-44(6,7)36-46(10,11)38-48(14,15)40-50(18,19)41-49(16,17)39-47(12,13)37-45(8,9)35-43(4,5)26-20-25-34-30-23-21-29(22-24-30)31(32)33/h21-24H,20,25-28H2,1-19H3,(H,32,33). The maximum absolute atomic E-state index is 11.1. The molecule has 1 aromatic rings. The maximum atomic E-state index is 11.1. The van der Waals surface area contributed by atoms with Gasteiger partial charge in [0.15, 0.2) is 16.6 Å². The highest BCUT2D eigenvalue weighted by Gasteiger charge is 2.49. The van der Waals surface area contributed by atoms with Crippen molar-refractivity contribution >= 4 is 82.0 Å². The Morgan fingerprint density at radius 1 is 0.480 bits per heavy atom. The average molecular weight is 858 g/mol. The third-order valence-corrected chi connectivity index (χ3v) is 40.6. The lowest BCUT2D eigenvalue weighted by molar-refractivity contribution is 0.0696. The third kappa shape index (κ3) is 21.2. The Kier molecular flexibility index (Phi) is 17.1. The minimum Gasteiger partial charge on any atom is -0.494 e. The number of rotatable bonds is 23. The summed E-state index contributed by atoms with van der Waals surface area (Å²) >= 11 is 0. The van der Waals surface area contributed by atoms with Gasteiger partial charge < -0.3 is 38.6 Å². The first-order valence-corrected chi connectivity index (χ1v) is 44.7. The zero-order valence-corrected chi connectivity index (χ0v) is 44.0. The lowest BCUT2D eigenvalue weighted by Crippen LogP contribution is -2.61. The van der Waals surface area contributed by atoms with E-state index in [1.807, 2.05) is 0 Å². The van der Waals surface area contributed by atoms with Crippen LogP contribution in [0.2, 0.25) is 143 Å². The Morgan fingerprint density at radius 3 is 1.12 bits per heavy atom. The Bertz CT molecular complexity index is 1230. The average Bonchev–Trinajstić information content (AvgIpc) is 2.80. The molecule has 1 rings (SSSR count). The molecule has 19 heteroatoms. The number of carboxylic acids is 1. The summed E-state index contributed by atoms with van der Waals surface area (Å²) in [7, 11) is -20.6. The summed E-state index contributed by atoms with van der Waals surface area (Å²) in [6, 6.07) is 9.85. The van der Waals surface area contributed by atoms with Crippen molar-refractivity contribution in [3.8, 4) is 5.75 Å². The Morgan fingerprint density at radius 2 is 0.800 bits per heavy atom. The van der Waals surface area contributed by atoms with Gasteiger partial charge in [0.25, 0.3) is 0 Å². The van der Waals surface area contributed by atoms with Crippen LogP contribution in [0.3, 0.4) is 0 Å². The summed E-state index contributed by atoms with van der Waals surface area (Å²) in [5.41, 5.74) is 0.245. The number of hydrogen-bond donors (Lipinski definition) is 1.